The first kappa shape index (κ1) is 13.8. The van der Waals surface area contributed by atoms with Gasteiger partial charge in [-0.3, -0.25) is 4.79 Å². The van der Waals surface area contributed by atoms with E-state index in [0.717, 1.165) is 19.3 Å². The molecule has 1 unspecified atom stereocenters. The van der Waals surface area contributed by atoms with Crippen molar-refractivity contribution in [2.45, 2.75) is 45.1 Å². The molecule has 1 saturated carbocycles. The highest BCUT2D eigenvalue weighted by molar-refractivity contribution is 5.89. The Bertz CT molecular complexity index is 487. The van der Waals surface area contributed by atoms with Crippen LogP contribution in [0.3, 0.4) is 0 Å². The highest BCUT2D eigenvalue weighted by Gasteiger charge is 2.51. The number of rotatable bonds is 3. The van der Waals surface area contributed by atoms with Crippen LogP contribution in [0.5, 0.6) is 0 Å². The summed E-state index contributed by atoms with van der Waals surface area (Å²) in [5.41, 5.74) is 4.82. The number of hydrogen-bond donors (Lipinski definition) is 2. The highest BCUT2D eigenvalue weighted by atomic mass is 19.1. The Balaban J connectivity index is 2.41. The van der Waals surface area contributed by atoms with Crippen molar-refractivity contribution in [3.8, 4) is 0 Å². The molecular weight excluding hydrogens is 243 g/mol. The van der Waals surface area contributed by atoms with Gasteiger partial charge in [0.05, 0.1) is 5.69 Å². The molecule has 1 aromatic rings. The Hall–Kier alpha value is -1.58. The molecule has 1 fully saturated rings. The van der Waals surface area contributed by atoms with E-state index in [-0.39, 0.29) is 11.2 Å². The van der Waals surface area contributed by atoms with Crippen LogP contribution in [0.25, 0.3) is 0 Å². The summed E-state index contributed by atoms with van der Waals surface area (Å²) in [6, 6.07) is 6.40. The zero-order valence-corrected chi connectivity index (χ0v) is 11.5. The van der Waals surface area contributed by atoms with Crippen LogP contribution in [-0.4, -0.2) is 11.4 Å². The molecule has 0 heterocycles. The molecule has 0 bridgehead atoms. The highest BCUT2D eigenvalue weighted by Crippen LogP contribution is 2.45. The summed E-state index contributed by atoms with van der Waals surface area (Å²) in [5.74, 6) is -0.759. The molecule has 3 N–H and O–H groups in total. The van der Waals surface area contributed by atoms with Gasteiger partial charge in [0.1, 0.15) is 11.4 Å². The van der Waals surface area contributed by atoms with E-state index in [0.29, 0.717) is 12.1 Å². The van der Waals surface area contributed by atoms with Crippen LogP contribution in [0.1, 0.15) is 39.5 Å². The molecule has 1 aliphatic carbocycles. The van der Waals surface area contributed by atoms with E-state index in [1.54, 1.807) is 18.2 Å². The average molecular weight is 264 g/mol. The maximum atomic E-state index is 13.8. The van der Waals surface area contributed by atoms with Crippen molar-refractivity contribution >= 4 is 11.6 Å². The van der Waals surface area contributed by atoms with Gasteiger partial charge in [0, 0.05) is 0 Å². The van der Waals surface area contributed by atoms with Gasteiger partial charge in [0.15, 0.2) is 0 Å². The normalized spacial score (nSPS) is 25.8. The minimum Gasteiger partial charge on any atom is -0.368 e. The molecule has 1 aliphatic rings. The molecule has 104 valence electrons. The third-order valence-corrected chi connectivity index (χ3v) is 4.40. The van der Waals surface area contributed by atoms with Gasteiger partial charge in [-0.05, 0) is 30.4 Å². The Kier molecular flexibility index (Phi) is 3.52. The maximum Gasteiger partial charge on any atom is 0.243 e. The number of nitrogens with two attached hydrogens (primary N) is 1. The smallest absolute Gasteiger partial charge is 0.243 e. The van der Waals surface area contributed by atoms with E-state index in [4.69, 9.17) is 5.73 Å². The molecule has 2 rings (SSSR count). The Morgan fingerprint density at radius 1 is 1.26 bits per heavy atom. The number of nitrogens with one attached hydrogen (secondary N) is 1. The molecule has 0 radical (unpaired) electrons. The summed E-state index contributed by atoms with van der Waals surface area (Å²) in [7, 11) is 0. The number of benzene rings is 1. The predicted octanol–water partition coefficient (Wildman–Crippen LogP) is 3.06. The summed E-state index contributed by atoms with van der Waals surface area (Å²) in [6.07, 6.45) is 3.54. The fourth-order valence-corrected chi connectivity index (χ4v) is 3.05. The van der Waals surface area contributed by atoms with Gasteiger partial charge < -0.3 is 11.1 Å². The van der Waals surface area contributed by atoms with E-state index < -0.39 is 11.4 Å². The number of carbonyl (C=O) groups excluding carboxylic acids is 1. The Labute approximate surface area is 113 Å². The van der Waals surface area contributed by atoms with Crippen LogP contribution in [-0.2, 0) is 4.79 Å². The van der Waals surface area contributed by atoms with Gasteiger partial charge in [-0.1, -0.05) is 38.8 Å². The first-order valence-electron chi connectivity index (χ1n) is 6.72. The van der Waals surface area contributed by atoms with Crippen molar-refractivity contribution in [3.63, 3.8) is 0 Å². The first-order valence-corrected chi connectivity index (χ1v) is 6.72. The number of primary amides is 1. The van der Waals surface area contributed by atoms with Crippen molar-refractivity contribution < 1.29 is 9.18 Å². The minimum atomic E-state index is -0.882. The molecule has 3 nitrogen and oxygen atoms in total. The second-order valence-corrected chi connectivity index (χ2v) is 5.97. The van der Waals surface area contributed by atoms with Gasteiger partial charge >= 0.3 is 0 Å². The summed E-state index contributed by atoms with van der Waals surface area (Å²) >= 11 is 0. The van der Waals surface area contributed by atoms with Gasteiger partial charge in [0.25, 0.3) is 0 Å². The summed E-state index contributed by atoms with van der Waals surface area (Å²) in [6.45, 7) is 4.04. The average Bonchev–Trinajstić information content (AvgIpc) is 2.34. The van der Waals surface area contributed by atoms with Gasteiger partial charge in [-0.25, -0.2) is 4.39 Å². The third-order valence-electron chi connectivity index (χ3n) is 4.40. The zero-order valence-electron chi connectivity index (χ0n) is 11.5. The second kappa shape index (κ2) is 4.83. The zero-order chi connectivity index (χ0) is 14.1. The Morgan fingerprint density at radius 3 is 2.47 bits per heavy atom. The van der Waals surface area contributed by atoms with Crippen LogP contribution in [0, 0.1) is 11.2 Å². The minimum absolute atomic E-state index is 0.292. The number of amides is 1. The lowest BCUT2D eigenvalue weighted by atomic mass is 9.62. The number of para-hydroxylation sites is 1. The monoisotopic (exact) mass is 264 g/mol. The van der Waals surface area contributed by atoms with E-state index >= 15 is 0 Å². The number of halogens is 1. The SMILES string of the molecule is CC1(C)CCCCC1(Nc1ccccc1F)C(N)=O. The summed E-state index contributed by atoms with van der Waals surface area (Å²) < 4.78 is 13.8. The lowest BCUT2D eigenvalue weighted by molar-refractivity contribution is -0.127. The predicted molar refractivity (Wildman–Crippen MR) is 74.2 cm³/mol. The lowest BCUT2D eigenvalue weighted by Crippen LogP contribution is -2.61. The standard InChI is InChI=1S/C15H21FN2O/c1-14(2)9-5-6-10-15(14,13(17)19)18-12-8-4-3-7-11(12)16/h3-4,7-8,18H,5-6,9-10H2,1-2H3,(H2,17,19). The molecular formula is C15H21FN2O. The topological polar surface area (TPSA) is 55.1 Å². The third kappa shape index (κ3) is 2.31. The summed E-state index contributed by atoms with van der Waals surface area (Å²) in [5, 5.41) is 3.10. The molecule has 4 heteroatoms. The quantitative estimate of drug-likeness (QED) is 0.881. The van der Waals surface area contributed by atoms with Gasteiger partial charge in [0.2, 0.25) is 5.91 Å². The van der Waals surface area contributed by atoms with E-state index in [9.17, 15) is 9.18 Å². The van der Waals surface area contributed by atoms with Crippen LogP contribution in [0.4, 0.5) is 10.1 Å². The van der Waals surface area contributed by atoms with Crippen molar-refractivity contribution in [1.29, 1.82) is 0 Å². The largest absolute Gasteiger partial charge is 0.368 e. The fourth-order valence-electron chi connectivity index (χ4n) is 3.05. The second-order valence-electron chi connectivity index (χ2n) is 5.97. The van der Waals surface area contributed by atoms with E-state index in [1.807, 2.05) is 13.8 Å². The number of hydrogen-bond acceptors (Lipinski definition) is 2. The van der Waals surface area contributed by atoms with Crippen molar-refractivity contribution in [2.75, 3.05) is 5.32 Å². The Morgan fingerprint density at radius 2 is 1.89 bits per heavy atom. The molecule has 0 spiro atoms. The molecule has 1 atom stereocenters. The van der Waals surface area contributed by atoms with E-state index in [1.165, 1.54) is 6.07 Å². The van der Waals surface area contributed by atoms with Crippen LogP contribution in [0.2, 0.25) is 0 Å². The lowest BCUT2D eigenvalue weighted by Gasteiger charge is -2.48. The van der Waals surface area contributed by atoms with Gasteiger partial charge in [-0.2, -0.15) is 0 Å². The van der Waals surface area contributed by atoms with E-state index in [2.05, 4.69) is 5.32 Å². The van der Waals surface area contributed by atoms with Crippen LogP contribution in [0.15, 0.2) is 24.3 Å². The molecule has 19 heavy (non-hydrogen) atoms. The molecule has 1 amide bonds. The fraction of sp³-hybridized carbons (Fsp3) is 0.533. The maximum absolute atomic E-state index is 13.8. The van der Waals surface area contributed by atoms with Crippen molar-refractivity contribution in [2.24, 2.45) is 11.1 Å². The molecule has 0 aromatic heterocycles. The number of carbonyl (C=O) groups is 1. The van der Waals surface area contributed by atoms with Crippen molar-refractivity contribution in [3.05, 3.63) is 30.1 Å². The first-order chi connectivity index (χ1) is 8.89. The molecule has 1 aromatic carbocycles. The molecule has 0 saturated heterocycles. The summed E-state index contributed by atoms with van der Waals surface area (Å²) in [4.78, 5) is 12.0. The molecule has 0 aliphatic heterocycles. The van der Waals surface area contributed by atoms with Crippen LogP contribution >= 0.6 is 0 Å². The van der Waals surface area contributed by atoms with Crippen molar-refractivity contribution in [1.82, 2.24) is 0 Å². The number of anilines is 1. The van der Waals surface area contributed by atoms with Crippen LogP contribution < -0.4 is 11.1 Å². The van der Waals surface area contributed by atoms with Gasteiger partial charge in [-0.15, -0.1) is 0 Å².